The molecule has 3 N–H and O–H groups in total. The Labute approximate surface area is 254 Å². The van der Waals surface area contributed by atoms with Crippen LogP contribution in [-0.4, -0.2) is 26.9 Å². The van der Waals surface area contributed by atoms with E-state index in [2.05, 4.69) is 84.5 Å². The highest BCUT2D eigenvalue weighted by Gasteiger charge is 2.27. The molecule has 0 saturated heterocycles. The molecule has 5 nitrogen and oxygen atoms in total. The number of hydrogen-bond donors (Lipinski definition) is 3. The predicted octanol–water partition coefficient (Wildman–Crippen LogP) is 10.5. The summed E-state index contributed by atoms with van der Waals surface area (Å²) >= 11 is 3.73. The number of hydrogen-bond acceptors (Lipinski definition) is 7. The summed E-state index contributed by atoms with van der Waals surface area (Å²) in [7, 11) is 0. The van der Waals surface area contributed by atoms with E-state index in [1.807, 2.05) is 23.5 Å². The summed E-state index contributed by atoms with van der Waals surface area (Å²) in [5.41, 5.74) is 9.41. The summed E-state index contributed by atoms with van der Waals surface area (Å²) in [6.45, 7) is 17.4. The van der Waals surface area contributed by atoms with Crippen LogP contribution in [0.2, 0.25) is 0 Å². The molecule has 0 unspecified atom stereocenters. The van der Waals surface area contributed by atoms with Crippen molar-refractivity contribution in [3.63, 3.8) is 0 Å². The minimum atomic E-state index is -0.184. The Kier molecular flexibility index (Phi) is 15.2. The van der Waals surface area contributed by atoms with Crippen LogP contribution in [-0.2, 0) is 10.8 Å². The van der Waals surface area contributed by atoms with Crippen molar-refractivity contribution in [2.24, 2.45) is 5.10 Å². The monoisotopic (exact) mass is 590 g/mol. The Morgan fingerprint density at radius 3 is 1.73 bits per heavy atom. The number of nitrogens with one attached hydrogen (secondary N) is 2. The van der Waals surface area contributed by atoms with Crippen LogP contribution in [0.3, 0.4) is 0 Å². The lowest BCUT2D eigenvalue weighted by atomic mass is 9.79. The predicted molar refractivity (Wildman–Crippen MR) is 181 cm³/mol. The second kappa shape index (κ2) is 17.5. The number of hydrazone groups is 1. The van der Waals surface area contributed by atoms with Crippen molar-refractivity contribution >= 4 is 34.3 Å². The number of phenols is 1. The average molecular weight is 591 g/mol. The summed E-state index contributed by atoms with van der Waals surface area (Å²) in [5.74, 6) is 2.59. The number of phenolic OH excluding ortho intramolecular Hbond substituents is 1. The molecule has 0 radical (unpaired) electrons. The summed E-state index contributed by atoms with van der Waals surface area (Å²) in [6, 6.07) is 4.12. The van der Waals surface area contributed by atoms with E-state index in [0.717, 1.165) is 38.4 Å². The SMILES string of the molecule is CCCCCCCCSC1=CC(SCCCCCCCC)=NN(Nc2cc(C(C)(C)C)c(O)c(C(C)(C)C)c2)N1. The van der Waals surface area contributed by atoms with E-state index in [1.54, 1.807) is 5.23 Å². The maximum absolute atomic E-state index is 11.2. The maximum Gasteiger partial charge on any atom is 0.123 e. The van der Waals surface area contributed by atoms with Crippen molar-refractivity contribution in [2.45, 2.75) is 143 Å². The molecule has 228 valence electrons. The fourth-order valence-electron chi connectivity index (χ4n) is 4.69. The third-order valence-corrected chi connectivity index (χ3v) is 9.13. The van der Waals surface area contributed by atoms with Crippen LogP contribution in [0.15, 0.2) is 28.3 Å². The molecule has 0 bridgehead atoms. The van der Waals surface area contributed by atoms with Gasteiger partial charge in [0.2, 0.25) is 0 Å². The van der Waals surface area contributed by atoms with E-state index in [1.165, 1.54) is 77.0 Å². The molecular formula is C33H58N4OS2. The van der Waals surface area contributed by atoms with Gasteiger partial charge in [-0.2, -0.15) is 0 Å². The molecule has 0 atom stereocenters. The zero-order valence-electron chi connectivity index (χ0n) is 26.8. The molecule has 1 aromatic carbocycles. The molecule has 1 heterocycles. The molecule has 1 aromatic rings. The van der Waals surface area contributed by atoms with Crippen LogP contribution in [0, 0.1) is 0 Å². The second-order valence-electron chi connectivity index (χ2n) is 13.1. The Bertz CT molecular complexity index is 912. The van der Waals surface area contributed by atoms with Gasteiger partial charge in [0.15, 0.2) is 0 Å². The van der Waals surface area contributed by atoms with Crippen molar-refractivity contribution in [2.75, 3.05) is 16.9 Å². The number of unbranched alkanes of at least 4 members (excludes halogenated alkanes) is 10. The summed E-state index contributed by atoms with van der Waals surface area (Å²) in [5, 5.41) is 20.0. The quantitative estimate of drug-likeness (QED) is 0.124. The summed E-state index contributed by atoms with van der Waals surface area (Å²) < 4.78 is 0. The van der Waals surface area contributed by atoms with Crippen LogP contribution >= 0.6 is 23.5 Å². The molecule has 1 aliphatic rings. The number of aromatic hydroxyl groups is 1. The van der Waals surface area contributed by atoms with Gasteiger partial charge in [0.05, 0.1) is 10.7 Å². The molecule has 40 heavy (non-hydrogen) atoms. The zero-order valence-corrected chi connectivity index (χ0v) is 28.4. The van der Waals surface area contributed by atoms with E-state index in [-0.39, 0.29) is 10.8 Å². The van der Waals surface area contributed by atoms with Gasteiger partial charge in [0.25, 0.3) is 0 Å². The van der Waals surface area contributed by atoms with E-state index in [4.69, 9.17) is 5.10 Å². The van der Waals surface area contributed by atoms with Gasteiger partial charge in [-0.1, -0.05) is 120 Å². The third kappa shape index (κ3) is 12.6. The smallest absolute Gasteiger partial charge is 0.123 e. The number of rotatable bonds is 17. The third-order valence-electron chi connectivity index (χ3n) is 7.13. The van der Waals surface area contributed by atoms with Gasteiger partial charge in [-0.05, 0) is 47.3 Å². The van der Waals surface area contributed by atoms with Crippen LogP contribution < -0.4 is 10.9 Å². The fourth-order valence-corrected chi connectivity index (χ4v) is 6.57. The molecule has 0 saturated carbocycles. The first-order chi connectivity index (χ1) is 19.0. The lowest BCUT2D eigenvalue weighted by Crippen LogP contribution is -2.40. The van der Waals surface area contributed by atoms with Gasteiger partial charge in [0.1, 0.15) is 10.8 Å². The molecule has 0 aromatic heterocycles. The molecule has 0 spiro atoms. The van der Waals surface area contributed by atoms with E-state index in [0.29, 0.717) is 5.75 Å². The highest BCUT2D eigenvalue weighted by atomic mass is 32.2. The first-order valence-corrected chi connectivity index (χ1v) is 17.7. The molecule has 0 amide bonds. The number of anilines is 1. The van der Waals surface area contributed by atoms with Gasteiger partial charge in [0, 0.05) is 17.2 Å². The van der Waals surface area contributed by atoms with E-state index >= 15 is 0 Å². The molecule has 7 heteroatoms. The van der Waals surface area contributed by atoms with Gasteiger partial charge < -0.3 is 5.11 Å². The topological polar surface area (TPSA) is 59.9 Å². The lowest BCUT2D eigenvalue weighted by molar-refractivity contribution is 0.281. The Balaban J connectivity index is 2.13. The summed E-state index contributed by atoms with van der Waals surface area (Å²) in [6.07, 6.45) is 17.9. The summed E-state index contributed by atoms with van der Waals surface area (Å²) in [4.78, 5) is 0. The van der Waals surface area contributed by atoms with Crippen LogP contribution in [0.5, 0.6) is 5.75 Å². The van der Waals surface area contributed by atoms with Gasteiger partial charge >= 0.3 is 0 Å². The van der Waals surface area contributed by atoms with Crippen molar-refractivity contribution < 1.29 is 5.11 Å². The van der Waals surface area contributed by atoms with Crippen molar-refractivity contribution in [1.29, 1.82) is 0 Å². The van der Waals surface area contributed by atoms with Crippen LogP contribution in [0.1, 0.15) is 144 Å². The lowest BCUT2D eigenvalue weighted by Gasteiger charge is -2.31. The zero-order chi connectivity index (χ0) is 29.6. The number of benzene rings is 1. The van der Waals surface area contributed by atoms with Gasteiger partial charge in [-0.3, -0.25) is 10.9 Å². The highest BCUT2D eigenvalue weighted by molar-refractivity contribution is 8.14. The largest absolute Gasteiger partial charge is 0.507 e. The number of nitrogens with zero attached hydrogens (tertiary/aromatic N) is 2. The Morgan fingerprint density at radius 2 is 1.23 bits per heavy atom. The number of thioether (sulfide) groups is 2. The van der Waals surface area contributed by atoms with Crippen molar-refractivity contribution in [3.05, 3.63) is 34.4 Å². The second-order valence-corrected chi connectivity index (χ2v) is 15.4. The molecule has 2 rings (SSSR count). The van der Waals surface area contributed by atoms with Crippen LogP contribution in [0.25, 0.3) is 0 Å². The first-order valence-electron chi connectivity index (χ1n) is 15.7. The average Bonchev–Trinajstić information content (AvgIpc) is 2.87. The molecular weight excluding hydrogens is 533 g/mol. The standard InChI is InChI=1S/C33H58N4OS2/c1-9-11-13-15-17-19-21-39-29-25-30(40-22-20-18-16-14-12-10-2)36-37(35-29)34-26-23-27(32(3,4)5)31(38)28(24-26)33(6,7)8/h23-25,34-35,38H,9-22H2,1-8H3. The molecule has 1 aliphatic heterocycles. The minimum absolute atomic E-state index is 0.184. The van der Waals surface area contributed by atoms with E-state index < -0.39 is 0 Å². The minimum Gasteiger partial charge on any atom is -0.507 e. The van der Waals surface area contributed by atoms with Gasteiger partial charge in [-0.25, -0.2) is 0 Å². The van der Waals surface area contributed by atoms with Crippen LogP contribution in [0.4, 0.5) is 5.69 Å². The van der Waals surface area contributed by atoms with Crippen molar-refractivity contribution in [3.8, 4) is 5.75 Å². The van der Waals surface area contributed by atoms with Gasteiger partial charge in [-0.15, -0.1) is 33.9 Å². The molecule has 0 aliphatic carbocycles. The first kappa shape index (κ1) is 34.7. The maximum atomic E-state index is 11.2. The molecule has 0 fully saturated rings. The van der Waals surface area contributed by atoms with Crippen molar-refractivity contribution in [1.82, 2.24) is 10.7 Å². The Morgan fingerprint density at radius 1 is 0.750 bits per heavy atom. The Hall–Kier alpha value is -1.47. The fraction of sp³-hybridized carbons (Fsp3) is 0.727. The highest BCUT2D eigenvalue weighted by Crippen LogP contribution is 2.41. The normalized spacial score (nSPS) is 14.2. The number of hydrazine groups is 2. The van der Waals surface area contributed by atoms with E-state index in [9.17, 15) is 5.11 Å².